The largest absolute Gasteiger partial charge is 0.462 e. The summed E-state index contributed by atoms with van der Waals surface area (Å²) in [7, 11) is 0. The Labute approximate surface area is 161 Å². The predicted molar refractivity (Wildman–Crippen MR) is 102 cm³/mol. The minimum absolute atomic E-state index is 0.236. The Hall–Kier alpha value is -3.48. The zero-order valence-corrected chi connectivity index (χ0v) is 15.6. The van der Waals surface area contributed by atoms with Gasteiger partial charge in [0.25, 0.3) is 5.91 Å². The number of aromatic nitrogens is 2. The Kier molecular flexibility index (Phi) is 5.84. The van der Waals surface area contributed by atoms with Crippen LogP contribution >= 0.6 is 0 Å². The molecule has 0 atom stereocenters. The molecular weight excluding hydrogens is 361 g/mol. The summed E-state index contributed by atoms with van der Waals surface area (Å²) >= 11 is 0. The first-order chi connectivity index (χ1) is 13.5. The molecule has 0 fully saturated rings. The summed E-state index contributed by atoms with van der Waals surface area (Å²) in [6, 6.07) is 12.8. The van der Waals surface area contributed by atoms with E-state index in [0.29, 0.717) is 30.0 Å². The molecule has 1 N–H and O–H groups in total. The van der Waals surface area contributed by atoms with E-state index in [4.69, 9.17) is 4.74 Å². The molecule has 0 bridgehead atoms. The van der Waals surface area contributed by atoms with E-state index in [2.05, 4.69) is 10.4 Å². The first-order valence-corrected chi connectivity index (χ1v) is 8.84. The third-order valence-electron chi connectivity index (χ3n) is 4.25. The maximum absolute atomic E-state index is 12.9. The zero-order chi connectivity index (χ0) is 20.1. The van der Waals surface area contributed by atoms with Gasteiger partial charge in [0.15, 0.2) is 0 Å². The summed E-state index contributed by atoms with van der Waals surface area (Å²) in [5.74, 6) is -0.964. The lowest BCUT2D eigenvalue weighted by molar-refractivity contribution is 0.0525. The van der Waals surface area contributed by atoms with Gasteiger partial charge in [0, 0.05) is 12.1 Å². The van der Waals surface area contributed by atoms with Crippen LogP contribution in [0.4, 0.5) is 4.39 Å². The molecule has 0 aliphatic heterocycles. The average molecular weight is 381 g/mol. The molecule has 144 valence electrons. The topological polar surface area (TPSA) is 73.2 Å². The third-order valence-corrected chi connectivity index (χ3v) is 4.25. The quantitative estimate of drug-likeness (QED) is 0.664. The van der Waals surface area contributed by atoms with Gasteiger partial charge in [-0.3, -0.25) is 4.79 Å². The second-order valence-electron chi connectivity index (χ2n) is 6.13. The summed E-state index contributed by atoms with van der Waals surface area (Å²) in [6.07, 6.45) is 1.47. The summed E-state index contributed by atoms with van der Waals surface area (Å²) in [4.78, 5) is 24.2. The van der Waals surface area contributed by atoms with E-state index < -0.39 is 5.97 Å². The van der Waals surface area contributed by atoms with E-state index in [1.165, 1.54) is 18.3 Å². The molecular formula is C21H20FN3O3. The Morgan fingerprint density at radius 2 is 1.79 bits per heavy atom. The molecule has 6 nitrogen and oxygen atoms in total. The minimum Gasteiger partial charge on any atom is -0.462 e. The number of hydrogen-bond donors (Lipinski definition) is 1. The molecule has 1 amide bonds. The summed E-state index contributed by atoms with van der Waals surface area (Å²) in [5, 5.41) is 7.02. The minimum atomic E-state index is -0.414. The summed E-state index contributed by atoms with van der Waals surface area (Å²) in [5.41, 5.74) is 3.09. The third kappa shape index (κ3) is 4.25. The van der Waals surface area contributed by atoms with Crippen molar-refractivity contribution in [1.82, 2.24) is 15.1 Å². The van der Waals surface area contributed by atoms with Crippen molar-refractivity contribution in [2.24, 2.45) is 0 Å². The molecule has 0 spiro atoms. The van der Waals surface area contributed by atoms with Crippen molar-refractivity contribution in [3.05, 3.63) is 82.9 Å². The number of nitrogens with one attached hydrogen (secondary N) is 1. The van der Waals surface area contributed by atoms with Crippen LogP contribution in [0.25, 0.3) is 5.69 Å². The highest BCUT2D eigenvalue weighted by molar-refractivity contribution is 5.94. The van der Waals surface area contributed by atoms with Crippen LogP contribution < -0.4 is 5.32 Å². The number of rotatable bonds is 6. The fraction of sp³-hybridized carbons (Fsp3) is 0.190. The average Bonchev–Trinajstić information content (AvgIpc) is 3.09. The number of benzene rings is 2. The molecule has 7 heteroatoms. The van der Waals surface area contributed by atoms with Gasteiger partial charge in [-0.05, 0) is 55.8 Å². The SMILES string of the molecule is CCOC(=O)c1cnn(-c2ccc(C(=O)NCc3ccc(F)cc3)cc2)c1C. The van der Waals surface area contributed by atoms with Crippen molar-refractivity contribution in [3.63, 3.8) is 0 Å². The van der Waals surface area contributed by atoms with Gasteiger partial charge in [-0.2, -0.15) is 5.10 Å². The van der Waals surface area contributed by atoms with Crippen LogP contribution in [0, 0.1) is 12.7 Å². The molecule has 28 heavy (non-hydrogen) atoms. The Morgan fingerprint density at radius 1 is 1.11 bits per heavy atom. The van der Waals surface area contributed by atoms with Gasteiger partial charge < -0.3 is 10.1 Å². The molecule has 0 saturated carbocycles. The lowest BCUT2D eigenvalue weighted by atomic mass is 10.1. The van der Waals surface area contributed by atoms with E-state index >= 15 is 0 Å². The molecule has 1 aromatic heterocycles. The highest BCUT2D eigenvalue weighted by atomic mass is 19.1. The van der Waals surface area contributed by atoms with Gasteiger partial charge in [-0.25, -0.2) is 13.9 Å². The van der Waals surface area contributed by atoms with Gasteiger partial charge in [0.05, 0.1) is 24.2 Å². The van der Waals surface area contributed by atoms with Crippen LogP contribution in [0.2, 0.25) is 0 Å². The fourth-order valence-electron chi connectivity index (χ4n) is 2.72. The van der Waals surface area contributed by atoms with Gasteiger partial charge in [0.2, 0.25) is 0 Å². The second-order valence-corrected chi connectivity index (χ2v) is 6.13. The van der Waals surface area contributed by atoms with Gasteiger partial charge in [-0.1, -0.05) is 12.1 Å². The predicted octanol–water partition coefficient (Wildman–Crippen LogP) is 3.43. The molecule has 3 rings (SSSR count). The van der Waals surface area contributed by atoms with Gasteiger partial charge in [0.1, 0.15) is 11.4 Å². The standard InChI is InChI=1S/C21H20FN3O3/c1-3-28-21(27)19-13-24-25(14(19)2)18-10-6-16(7-11-18)20(26)23-12-15-4-8-17(22)9-5-15/h4-11,13H,3,12H2,1-2H3,(H,23,26). The summed E-state index contributed by atoms with van der Waals surface area (Å²) in [6.45, 7) is 4.13. The van der Waals surface area contributed by atoms with Crippen LogP contribution in [0.1, 0.15) is 38.9 Å². The van der Waals surface area contributed by atoms with E-state index in [9.17, 15) is 14.0 Å². The second kappa shape index (κ2) is 8.47. The number of nitrogens with zero attached hydrogens (tertiary/aromatic N) is 2. The molecule has 0 aliphatic rings. The number of carbonyl (C=O) groups is 2. The Bertz CT molecular complexity index is 979. The van der Waals surface area contributed by atoms with Crippen LogP contribution in [0.5, 0.6) is 0 Å². The zero-order valence-electron chi connectivity index (χ0n) is 15.6. The van der Waals surface area contributed by atoms with Crippen LogP contribution in [-0.2, 0) is 11.3 Å². The smallest absolute Gasteiger partial charge is 0.341 e. The van der Waals surface area contributed by atoms with Crippen molar-refractivity contribution in [2.75, 3.05) is 6.61 Å². The van der Waals surface area contributed by atoms with Crippen LogP contribution in [0.3, 0.4) is 0 Å². The first-order valence-electron chi connectivity index (χ1n) is 8.84. The van der Waals surface area contributed by atoms with Crippen molar-refractivity contribution in [3.8, 4) is 5.69 Å². The van der Waals surface area contributed by atoms with E-state index in [1.54, 1.807) is 54.9 Å². The highest BCUT2D eigenvalue weighted by Gasteiger charge is 2.16. The van der Waals surface area contributed by atoms with Gasteiger partial charge in [-0.15, -0.1) is 0 Å². The van der Waals surface area contributed by atoms with Crippen molar-refractivity contribution < 1.29 is 18.7 Å². The Balaban J connectivity index is 1.68. The van der Waals surface area contributed by atoms with E-state index in [1.807, 2.05) is 0 Å². The normalized spacial score (nSPS) is 10.5. The molecule has 0 unspecified atom stereocenters. The maximum Gasteiger partial charge on any atom is 0.341 e. The van der Waals surface area contributed by atoms with Crippen molar-refractivity contribution >= 4 is 11.9 Å². The lowest BCUT2D eigenvalue weighted by Gasteiger charge is -2.08. The van der Waals surface area contributed by atoms with Crippen LogP contribution in [0.15, 0.2) is 54.7 Å². The molecule has 2 aromatic carbocycles. The Morgan fingerprint density at radius 3 is 2.43 bits per heavy atom. The molecule has 3 aromatic rings. The first kappa shape index (κ1) is 19.3. The number of halogens is 1. The summed E-state index contributed by atoms with van der Waals surface area (Å²) < 4.78 is 19.6. The lowest BCUT2D eigenvalue weighted by Crippen LogP contribution is -2.22. The maximum atomic E-state index is 12.9. The molecule has 1 heterocycles. The number of ether oxygens (including phenoxy) is 1. The monoisotopic (exact) mass is 381 g/mol. The molecule has 0 radical (unpaired) electrons. The molecule has 0 aliphatic carbocycles. The number of carbonyl (C=O) groups excluding carboxylic acids is 2. The van der Waals surface area contributed by atoms with E-state index in [0.717, 1.165) is 11.3 Å². The fourth-order valence-corrected chi connectivity index (χ4v) is 2.72. The number of amides is 1. The number of esters is 1. The van der Waals surface area contributed by atoms with Crippen molar-refractivity contribution in [1.29, 1.82) is 0 Å². The number of hydrogen-bond acceptors (Lipinski definition) is 4. The van der Waals surface area contributed by atoms with Crippen molar-refractivity contribution in [2.45, 2.75) is 20.4 Å². The highest BCUT2D eigenvalue weighted by Crippen LogP contribution is 2.16. The van der Waals surface area contributed by atoms with E-state index in [-0.39, 0.29) is 11.7 Å². The van der Waals surface area contributed by atoms with Crippen LogP contribution in [-0.4, -0.2) is 28.3 Å². The molecule has 0 saturated heterocycles. The van der Waals surface area contributed by atoms with Gasteiger partial charge >= 0.3 is 5.97 Å².